The quantitative estimate of drug-likeness (QED) is 0.438. The predicted molar refractivity (Wildman–Crippen MR) is 74.5 cm³/mol. The Bertz CT molecular complexity index is 419. The number of likely N-dealkylation sites (N-methyl/N-ethyl adjacent to an activating group) is 1. The van der Waals surface area contributed by atoms with E-state index >= 15 is 0 Å². The molecule has 0 aliphatic heterocycles. The van der Waals surface area contributed by atoms with Crippen molar-refractivity contribution in [3.05, 3.63) is 48.6 Å². The smallest absolute Gasteiger partial charge is 0.246 e. The summed E-state index contributed by atoms with van der Waals surface area (Å²) >= 11 is 0. The molecule has 0 N–H and O–H groups in total. The topological polar surface area (TPSA) is 29.5 Å². The second-order valence-electron chi connectivity index (χ2n) is 4.06. The minimum absolute atomic E-state index is 0.0266. The Balaban J connectivity index is 2.54. The minimum Gasteiger partial charge on any atom is -0.493 e. The molecule has 96 valence electrons. The molecule has 0 saturated carbocycles. The Morgan fingerprint density at radius 1 is 1.33 bits per heavy atom. The van der Waals surface area contributed by atoms with E-state index in [1.165, 1.54) is 4.90 Å². The van der Waals surface area contributed by atoms with Gasteiger partial charge in [-0.15, -0.1) is 6.58 Å². The monoisotopic (exact) mass is 245 g/mol. The first-order chi connectivity index (χ1) is 8.63. The zero-order valence-corrected chi connectivity index (χ0v) is 10.9. The number of carbonyl (C=O) groups is 1. The van der Waals surface area contributed by atoms with Crippen LogP contribution in [0.25, 0.3) is 6.08 Å². The summed E-state index contributed by atoms with van der Waals surface area (Å²) in [7, 11) is 3.45. The van der Waals surface area contributed by atoms with E-state index in [9.17, 15) is 4.79 Å². The van der Waals surface area contributed by atoms with Gasteiger partial charge in [0.2, 0.25) is 5.91 Å². The number of nitrogens with zero attached hydrogens (tertiary/aromatic N) is 1. The second kappa shape index (κ2) is 7.33. The van der Waals surface area contributed by atoms with E-state index < -0.39 is 0 Å². The highest BCUT2D eigenvalue weighted by molar-refractivity contribution is 5.91. The molecule has 0 unspecified atom stereocenters. The average Bonchev–Trinajstić information content (AvgIpc) is 2.37. The molecular formula is C15H19NO2. The van der Waals surface area contributed by atoms with Gasteiger partial charge < -0.3 is 9.64 Å². The summed E-state index contributed by atoms with van der Waals surface area (Å²) in [5.74, 6) is 0.800. The molecule has 3 nitrogen and oxygen atoms in total. The zero-order chi connectivity index (χ0) is 13.4. The number of carbonyl (C=O) groups excluding carboxylic acids is 1. The lowest BCUT2D eigenvalue weighted by atomic mass is 10.2. The van der Waals surface area contributed by atoms with Crippen LogP contribution in [0.2, 0.25) is 0 Å². The fourth-order valence-corrected chi connectivity index (χ4v) is 1.25. The maximum Gasteiger partial charge on any atom is 0.246 e. The van der Waals surface area contributed by atoms with Gasteiger partial charge in [-0.1, -0.05) is 18.2 Å². The van der Waals surface area contributed by atoms with Gasteiger partial charge >= 0.3 is 0 Å². The molecule has 1 amide bonds. The largest absolute Gasteiger partial charge is 0.493 e. The molecule has 0 aliphatic rings. The Labute approximate surface area is 108 Å². The maximum absolute atomic E-state index is 11.4. The summed E-state index contributed by atoms with van der Waals surface area (Å²) in [6.45, 7) is 4.27. The second-order valence-corrected chi connectivity index (χ2v) is 4.06. The van der Waals surface area contributed by atoms with E-state index in [0.717, 1.165) is 17.7 Å². The molecule has 0 atom stereocenters. The van der Waals surface area contributed by atoms with Gasteiger partial charge in [-0.05, 0) is 30.2 Å². The third-order valence-electron chi connectivity index (χ3n) is 2.33. The fourth-order valence-electron chi connectivity index (χ4n) is 1.25. The Morgan fingerprint density at radius 2 is 2.00 bits per heavy atom. The molecule has 0 aromatic heterocycles. The molecule has 3 heteroatoms. The van der Waals surface area contributed by atoms with Crippen LogP contribution in [0.4, 0.5) is 0 Å². The lowest BCUT2D eigenvalue weighted by Crippen LogP contribution is -2.18. The summed E-state index contributed by atoms with van der Waals surface area (Å²) in [6, 6.07) is 7.62. The predicted octanol–water partition coefficient (Wildman–Crippen LogP) is 2.74. The van der Waals surface area contributed by atoms with Crippen molar-refractivity contribution >= 4 is 12.0 Å². The Morgan fingerprint density at radius 3 is 2.56 bits per heavy atom. The molecule has 0 aliphatic carbocycles. The number of rotatable bonds is 6. The van der Waals surface area contributed by atoms with Gasteiger partial charge in [-0.3, -0.25) is 4.79 Å². The van der Waals surface area contributed by atoms with Crippen molar-refractivity contribution in [3.8, 4) is 5.75 Å². The van der Waals surface area contributed by atoms with Crippen LogP contribution < -0.4 is 4.74 Å². The van der Waals surface area contributed by atoms with Crippen LogP contribution in [-0.4, -0.2) is 31.5 Å². The van der Waals surface area contributed by atoms with E-state index in [0.29, 0.717) is 6.61 Å². The minimum atomic E-state index is -0.0266. The molecule has 1 aromatic rings. The third kappa shape index (κ3) is 4.87. The SMILES string of the molecule is C=CCCOc1ccc(/C=C/C(=O)N(C)C)cc1. The van der Waals surface area contributed by atoms with Gasteiger partial charge in [0.1, 0.15) is 5.75 Å². The van der Waals surface area contributed by atoms with E-state index in [1.54, 1.807) is 26.2 Å². The highest BCUT2D eigenvalue weighted by Gasteiger charge is 1.97. The standard InChI is InChI=1S/C15H19NO2/c1-4-5-12-18-14-9-6-13(7-10-14)8-11-15(17)16(2)3/h4,6-11H,1,5,12H2,2-3H3/b11-8+. The molecular weight excluding hydrogens is 226 g/mol. The summed E-state index contributed by atoms with van der Waals surface area (Å²) in [5.41, 5.74) is 0.973. The van der Waals surface area contributed by atoms with Crippen LogP contribution in [0.3, 0.4) is 0 Å². The van der Waals surface area contributed by atoms with Crippen molar-refractivity contribution in [1.29, 1.82) is 0 Å². The fraction of sp³-hybridized carbons (Fsp3) is 0.267. The Hall–Kier alpha value is -2.03. The number of amides is 1. The first kappa shape index (κ1) is 14.0. The van der Waals surface area contributed by atoms with Crippen molar-refractivity contribution in [3.63, 3.8) is 0 Å². The normalized spacial score (nSPS) is 10.3. The molecule has 0 spiro atoms. The average molecular weight is 245 g/mol. The highest BCUT2D eigenvalue weighted by Crippen LogP contribution is 2.13. The van der Waals surface area contributed by atoms with Gasteiger partial charge in [-0.25, -0.2) is 0 Å². The van der Waals surface area contributed by atoms with E-state index in [-0.39, 0.29) is 5.91 Å². The number of benzene rings is 1. The zero-order valence-electron chi connectivity index (χ0n) is 10.9. The molecule has 1 aromatic carbocycles. The molecule has 18 heavy (non-hydrogen) atoms. The first-order valence-corrected chi connectivity index (χ1v) is 5.86. The first-order valence-electron chi connectivity index (χ1n) is 5.86. The van der Waals surface area contributed by atoms with E-state index in [4.69, 9.17) is 4.74 Å². The van der Waals surface area contributed by atoms with Crippen LogP contribution in [0.15, 0.2) is 43.0 Å². The Kier molecular flexibility index (Phi) is 5.71. The van der Waals surface area contributed by atoms with Crippen molar-refractivity contribution in [2.24, 2.45) is 0 Å². The van der Waals surface area contributed by atoms with Crippen molar-refractivity contribution < 1.29 is 9.53 Å². The van der Waals surface area contributed by atoms with Gasteiger partial charge in [0.25, 0.3) is 0 Å². The molecule has 0 saturated heterocycles. The lowest BCUT2D eigenvalue weighted by Gasteiger charge is -2.06. The highest BCUT2D eigenvalue weighted by atomic mass is 16.5. The molecule has 0 heterocycles. The molecule has 0 bridgehead atoms. The van der Waals surface area contributed by atoms with Crippen molar-refractivity contribution in [1.82, 2.24) is 4.90 Å². The van der Waals surface area contributed by atoms with Crippen LogP contribution in [-0.2, 0) is 4.79 Å². The van der Waals surface area contributed by atoms with Gasteiger partial charge in [0, 0.05) is 20.2 Å². The third-order valence-corrected chi connectivity index (χ3v) is 2.33. The maximum atomic E-state index is 11.4. The van der Waals surface area contributed by atoms with Gasteiger partial charge in [0.05, 0.1) is 6.61 Å². The van der Waals surface area contributed by atoms with Crippen LogP contribution >= 0.6 is 0 Å². The number of ether oxygens (including phenoxy) is 1. The molecule has 0 fully saturated rings. The lowest BCUT2D eigenvalue weighted by molar-refractivity contribution is -0.123. The van der Waals surface area contributed by atoms with E-state index in [1.807, 2.05) is 30.3 Å². The number of hydrogen-bond donors (Lipinski definition) is 0. The van der Waals surface area contributed by atoms with Crippen LogP contribution in [0, 0.1) is 0 Å². The summed E-state index contributed by atoms with van der Waals surface area (Å²) in [4.78, 5) is 12.9. The van der Waals surface area contributed by atoms with Crippen LogP contribution in [0.5, 0.6) is 5.75 Å². The molecule has 0 radical (unpaired) electrons. The summed E-state index contributed by atoms with van der Waals surface area (Å²) in [6.07, 6.45) is 5.99. The van der Waals surface area contributed by atoms with Crippen molar-refractivity contribution in [2.75, 3.05) is 20.7 Å². The van der Waals surface area contributed by atoms with E-state index in [2.05, 4.69) is 6.58 Å². The van der Waals surface area contributed by atoms with Crippen LogP contribution in [0.1, 0.15) is 12.0 Å². The van der Waals surface area contributed by atoms with Gasteiger partial charge in [0.15, 0.2) is 0 Å². The van der Waals surface area contributed by atoms with Crippen molar-refractivity contribution in [2.45, 2.75) is 6.42 Å². The molecule has 1 rings (SSSR count). The van der Waals surface area contributed by atoms with Gasteiger partial charge in [-0.2, -0.15) is 0 Å². The summed E-state index contributed by atoms with van der Waals surface area (Å²) in [5, 5.41) is 0. The number of hydrogen-bond acceptors (Lipinski definition) is 2. The summed E-state index contributed by atoms with van der Waals surface area (Å²) < 4.78 is 5.49.